The molecule has 1 amide bonds. The zero-order chi connectivity index (χ0) is 10.6. The van der Waals surface area contributed by atoms with Crippen LogP contribution >= 0.6 is 15.9 Å². The molecule has 0 aliphatic rings. The maximum atomic E-state index is 11.2. The highest BCUT2D eigenvalue weighted by atomic mass is 79.9. The summed E-state index contributed by atoms with van der Waals surface area (Å²) in [7, 11) is 0. The van der Waals surface area contributed by atoms with Crippen molar-refractivity contribution in [3.8, 4) is 0 Å². The molecule has 1 rings (SSSR count). The van der Waals surface area contributed by atoms with Crippen molar-refractivity contribution in [2.45, 2.75) is 26.2 Å². The lowest BCUT2D eigenvalue weighted by Crippen LogP contribution is -2.14. The van der Waals surface area contributed by atoms with Crippen LogP contribution in [0.25, 0.3) is 0 Å². The molecule has 0 aliphatic carbocycles. The largest absolute Gasteiger partial charge is 0.366 e. The minimum absolute atomic E-state index is 0.358. The number of carbonyl (C=O) groups is 1. The maximum absolute atomic E-state index is 11.2. The van der Waals surface area contributed by atoms with Crippen LogP contribution < -0.4 is 5.73 Å². The van der Waals surface area contributed by atoms with E-state index in [1.807, 2.05) is 18.2 Å². The van der Waals surface area contributed by atoms with Crippen molar-refractivity contribution in [3.63, 3.8) is 0 Å². The van der Waals surface area contributed by atoms with Gasteiger partial charge in [0.25, 0.3) is 0 Å². The highest BCUT2D eigenvalue weighted by molar-refractivity contribution is 9.10. The Labute approximate surface area is 92.6 Å². The van der Waals surface area contributed by atoms with Gasteiger partial charge in [-0.1, -0.05) is 25.5 Å². The van der Waals surface area contributed by atoms with Gasteiger partial charge in [0, 0.05) is 4.47 Å². The first-order valence-corrected chi connectivity index (χ1v) is 5.53. The predicted octanol–water partition coefficient (Wildman–Crippen LogP) is 2.89. The SMILES string of the molecule is CCCCc1cccc(Br)c1C(N)=O. The van der Waals surface area contributed by atoms with Gasteiger partial charge in [0.05, 0.1) is 5.56 Å². The third-order valence-corrected chi connectivity index (χ3v) is 2.81. The number of aryl methyl sites for hydroxylation is 1. The Kier molecular flexibility index (Phi) is 4.14. The highest BCUT2D eigenvalue weighted by Gasteiger charge is 2.10. The van der Waals surface area contributed by atoms with Crippen LogP contribution in [0.1, 0.15) is 35.7 Å². The molecule has 3 heteroatoms. The van der Waals surface area contributed by atoms with Crippen LogP contribution in [0, 0.1) is 0 Å². The second kappa shape index (κ2) is 5.15. The number of rotatable bonds is 4. The summed E-state index contributed by atoms with van der Waals surface area (Å²) in [5, 5.41) is 0. The van der Waals surface area contributed by atoms with E-state index in [1.165, 1.54) is 0 Å². The molecule has 76 valence electrons. The summed E-state index contributed by atoms with van der Waals surface area (Å²) in [6.07, 6.45) is 3.11. The van der Waals surface area contributed by atoms with E-state index < -0.39 is 0 Å². The first kappa shape index (κ1) is 11.2. The monoisotopic (exact) mass is 255 g/mol. The summed E-state index contributed by atoms with van der Waals surface area (Å²) in [4.78, 5) is 11.2. The number of unbranched alkanes of at least 4 members (excludes halogenated alkanes) is 1. The minimum Gasteiger partial charge on any atom is -0.366 e. The predicted molar refractivity (Wildman–Crippen MR) is 61.3 cm³/mol. The highest BCUT2D eigenvalue weighted by Crippen LogP contribution is 2.21. The molecule has 0 radical (unpaired) electrons. The Morgan fingerprint density at radius 1 is 1.50 bits per heavy atom. The van der Waals surface area contributed by atoms with Crippen molar-refractivity contribution in [1.29, 1.82) is 0 Å². The van der Waals surface area contributed by atoms with E-state index in [-0.39, 0.29) is 5.91 Å². The normalized spacial score (nSPS) is 10.1. The van der Waals surface area contributed by atoms with Gasteiger partial charge in [-0.25, -0.2) is 0 Å². The Hall–Kier alpha value is -0.830. The molecule has 0 aliphatic heterocycles. The summed E-state index contributed by atoms with van der Waals surface area (Å²) >= 11 is 3.34. The Morgan fingerprint density at radius 3 is 2.79 bits per heavy atom. The van der Waals surface area contributed by atoms with Crippen LogP contribution in [0.3, 0.4) is 0 Å². The van der Waals surface area contributed by atoms with Gasteiger partial charge < -0.3 is 5.73 Å². The fourth-order valence-corrected chi connectivity index (χ4v) is 2.02. The summed E-state index contributed by atoms with van der Waals surface area (Å²) in [5.41, 5.74) is 6.98. The van der Waals surface area contributed by atoms with Gasteiger partial charge in [-0.15, -0.1) is 0 Å². The van der Waals surface area contributed by atoms with E-state index in [0.717, 1.165) is 29.3 Å². The van der Waals surface area contributed by atoms with Gasteiger partial charge in [-0.3, -0.25) is 4.79 Å². The molecule has 0 bridgehead atoms. The van der Waals surface area contributed by atoms with Crippen molar-refractivity contribution in [3.05, 3.63) is 33.8 Å². The van der Waals surface area contributed by atoms with E-state index in [0.29, 0.717) is 5.56 Å². The summed E-state index contributed by atoms with van der Waals surface area (Å²) in [6.45, 7) is 2.13. The van der Waals surface area contributed by atoms with Crippen molar-refractivity contribution in [2.75, 3.05) is 0 Å². The van der Waals surface area contributed by atoms with Crippen LogP contribution in [0.4, 0.5) is 0 Å². The molecule has 0 unspecified atom stereocenters. The number of carbonyl (C=O) groups excluding carboxylic acids is 1. The molecule has 0 aromatic heterocycles. The number of benzene rings is 1. The molecule has 1 aromatic rings. The Balaban J connectivity index is 3.02. The van der Waals surface area contributed by atoms with Crippen LogP contribution in [0.15, 0.2) is 22.7 Å². The number of hydrogen-bond acceptors (Lipinski definition) is 1. The van der Waals surface area contributed by atoms with Crippen molar-refractivity contribution < 1.29 is 4.79 Å². The van der Waals surface area contributed by atoms with Crippen LogP contribution in [-0.2, 0) is 6.42 Å². The van der Waals surface area contributed by atoms with Crippen molar-refractivity contribution >= 4 is 21.8 Å². The second-order valence-electron chi connectivity index (χ2n) is 3.24. The van der Waals surface area contributed by atoms with Gasteiger partial charge in [-0.2, -0.15) is 0 Å². The quantitative estimate of drug-likeness (QED) is 0.884. The summed E-state index contributed by atoms with van der Waals surface area (Å²) in [5.74, 6) is -0.358. The number of halogens is 1. The molecular formula is C11H14BrNO. The van der Waals surface area contributed by atoms with Crippen LogP contribution in [0.5, 0.6) is 0 Å². The van der Waals surface area contributed by atoms with Crippen molar-refractivity contribution in [2.24, 2.45) is 5.73 Å². The molecule has 0 atom stereocenters. The van der Waals surface area contributed by atoms with E-state index in [1.54, 1.807) is 0 Å². The third kappa shape index (κ3) is 2.58. The van der Waals surface area contributed by atoms with Gasteiger partial charge in [-0.05, 0) is 40.4 Å². The van der Waals surface area contributed by atoms with Crippen molar-refractivity contribution in [1.82, 2.24) is 0 Å². The fraction of sp³-hybridized carbons (Fsp3) is 0.364. The van der Waals surface area contributed by atoms with Gasteiger partial charge in [0.15, 0.2) is 0 Å². The van der Waals surface area contributed by atoms with Gasteiger partial charge in [0.1, 0.15) is 0 Å². The molecule has 0 saturated carbocycles. The van der Waals surface area contributed by atoms with Gasteiger partial charge >= 0.3 is 0 Å². The number of nitrogens with two attached hydrogens (primary N) is 1. The molecule has 0 fully saturated rings. The average molecular weight is 256 g/mol. The minimum atomic E-state index is -0.358. The Bertz CT molecular complexity index is 336. The summed E-state index contributed by atoms with van der Waals surface area (Å²) in [6, 6.07) is 5.73. The Morgan fingerprint density at radius 2 is 2.21 bits per heavy atom. The van der Waals surface area contributed by atoms with E-state index in [9.17, 15) is 4.79 Å². The zero-order valence-electron chi connectivity index (χ0n) is 8.22. The molecule has 1 aromatic carbocycles. The first-order valence-electron chi connectivity index (χ1n) is 4.74. The van der Waals surface area contributed by atoms with Gasteiger partial charge in [0.2, 0.25) is 5.91 Å². The molecule has 0 saturated heterocycles. The average Bonchev–Trinajstić information content (AvgIpc) is 2.14. The lowest BCUT2D eigenvalue weighted by Gasteiger charge is -2.07. The maximum Gasteiger partial charge on any atom is 0.250 e. The second-order valence-corrected chi connectivity index (χ2v) is 4.10. The van der Waals surface area contributed by atoms with E-state index in [4.69, 9.17) is 5.73 Å². The third-order valence-electron chi connectivity index (χ3n) is 2.15. The fourth-order valence-electron chi connectivity index (χ4n) is 1.42. The van der Waals surface area contributed by atoms with E-state index in [2.05, 4.69) is 22.9 Å². The molecule has 0 spiro atoms. The molecule has 2 nitrogen and oxygen atoms in total. The van der Waals surface area contributed by atoms with E-state index >= 15 is 0 Å². The zero-order valence-corrected chi connectivity index (χ0v) is 9.80. The standard InChI is InChI=1S/C11H14BrNO/c1-2-3-5-8-6-4-7-9(12)10(8)11(13)14/h4,6-7H,2-3,5H2,1H3,(H2,13,14). The first-order chi connectivity index (χ1) is 6.66. The topological polar surface area (TPSA) is 43.1 Å². The number of hydrogen-bond donors (Lipinski definition) is 1. The summed E-state index contributed by atoms with van der Waals surface area (Å²) < 4.78 is 0.790. The smallest absolute Gasteiger partial charge is 0.250 e. The number of amides is 1. The van der Waals surface area contributed by atoms with Crippen LogP contribution in [-0.4, -0.2) is 5.91 Å². The lowest BCUT2D eigenvalue weighted by atomic mass is 10.0. The lowest BCUT2D eigenvalue weighted by molar-refractivity contribution is 0.0998. The van der Waals surface area contributed by atoms with Crippen LogP contribution in [0.2, 0.25) is 0 Å². The molecule has 2 N–H and O–H groups in total. The molecular weight excluding hydrogens is 242 g/mol. The number of primary amides is 1. The molecule has 14 heavy (non-hydrogen) atoms. The molecule has 0 heterocycles.